The molecule has 2 heterocycles. The van der Waals surface area contributed by atoms with Crippen molar-refractivity contribution in [3.63, 3.8) is 0 Å². The highest BCUT2D eigenvalue weighted by Gasteiger charge is 2.17. The highest BCUT2D eigenvalue weighted by Crippen LogP contribution is 2.44. The molecular weight excluding hydrogens is 494 g/mol. The Labute approximate surface area is 213 Å². The first-order valence-corrected chi connectivity index (χ1v) is 13.3. The van der Waals surface area contributed by atoms with Gasteiger partial charge in [-0.2, -0.15) is 0 Å². The van der Waals surface area contributed by atoms with Crippen molar-refractivity contribution in [2.24, 2.45) is 0 Å². The van der Waals surface area contributed by atoms with E-state index in [-0.39, 0.29) is 16.6 Å². The third kappa shape index (κ3) is 5.24. The summed E-state index contributed by atoms with van der Waals surface area (Å²) in [5.41, 5.74) is 3.76. The molecule has 5 rings (SSSR count). The largest absolute Gasteiger partial charge is 0.362 e. The van der Waals surface area contributed by atoms with Crippen molar-refractivity contribution in [3.05, 3.63) is 103 Å². The van der Waals surface area contributed by atoms with E-state index in [4.69, 9.17) is 0 Å². The van der Waals surface area contributed by atoms with Gasteiger partial charge in [0.1, 0.15) is 0 Å². The lowest BCUT2D eigenvalue weighted by Crippen LogP contribution is -2.15. The van der Waals surface area contributed by atoms with Crippen molar-refractivity contribution in [1.82, 2.24) is 9.97 Å². The van der Waals surface area contributed by atoms with Crippen LogP contribution in [0.4, 0.5) is 23.0 Å². The third-order valence-corrected chi connectivity index (χ3v) is 7.81. The summed E-state index contributed by atoms with van der Waals surface area (Å²) < 4.78 is 27.5. The van der Waals surface area contributed by atoms with E-state index in [0.29, 0.717) is 16.9 Å². The van der Waals surface area contributed by atoms with Crippen LogP contribution in [-0.4, -0.2) is 24.2 Å². The maximum atomic E-state index is 12.7. The zero-order chi connectivity index (χ0) is 25.1. The van der Waals surface area contributed by atoms with Gasteiger partial charge in [-0.05, 0) is 67.6 Å². The fourth-order valence-corrected chi connectivity index (χ4v) is 5.43. The lowest BCUT2D eigenvalue weighted by atomic mass is 10.1. The topological polar surface area (TPSA) is 113 Å². The molecule has 4 aromatic rings. The molecule has 0 unspecified atom stereocenters. The molecule has 0 saturated carbocycles. The van der Waals surface area contributed by atoms with E-state index >= 15 is 0 Å². The summed E-state index contributed by atoms with van der Waals surface area (Å²) in [6, 6.07) is 21.4. The van der Waals surface area contributed by atoms with Crippen LogP contribution in [0.15, 0.2) is 106 Å². The molecular formula is C26H21N5O3S2. The number of aromatic nitrogens is 2. The molecule has 1 aromatic heterocycles. The van der Waals surface area contributed by atoms with Gasteiger partial charge >= 0.3 is 0 Å². The number of fused-ring (bicyclic) bond motifs is 2. The van der Waals surface area contributed by atoms with Crippen LogP contribution in [-0.2, 0) is 10.0 Å². The number of carbonyl (C=O) groups excluding carboxylic acids is 1. The predicted octanol–water partition coefficient (Wildman–Crippen LogP) is 5.60. The molecule has 1 aliphatic heterocycles. The summed E-state index contributed by atoms with van der Waals surface area (Å²) in [4.78, 5) is 22.9. The summed E-state index contributed by atoms with van der Waals surface area (Å²) in [7, 11) is -3.83. The number of ketones is 1. The molecule has 3 N–H and O–H groups in total. The number of para-hydroxylation sites is 1. The number of allylic oxidation sites excluding steroid dienone is 1. The fourth-order valence-electron chi connectivity index (χ4n) is 3.51. The Kier molecular flexibility index (Phi) is 6.45. The molecule has 0 saturated heterocycles. The van der Waals surface area contributed by atoms with Crippen molar-refractivity contribution < 1.29 is 13.2 Å². The molecule has 0 spiro atoms. The van der Waals surface area contributed by atoms with Gasteiger partial charge in [0.25, 0.3) is 10.0 Å². The Morgan fingerprint density at radius 1 is 0.972 bits per heavy atom. The minimum absolute atomic E-state index is 0.0128. The average molecular weight is 516 g/mol. The van der Waals surface area contributed by atoms with Crippen LogP contribution in [0.5, 0.6) is 0 Å². The predicted molar refractivity (Wildman–Crippen MR) is 141 cm³/mol. The maximum absolute atomic E-state index is 12.7. The summed E-state index contributed by atoms with van der Waals surface area (Å²) in [6.07, 6.45) is 4.45. The van der Waals surface area contributed by atoms with Gasteiger partial charge < -0.3 is 10.6 Å². The first-order valence-electron chi connectivity index (χ1n) is 11.0. The van der Waals surface area contributed by atoms with E-state index in [1.165, 1.54) is 30.6 Å². The molecule has 0 aliphatic carbocycles. The molecule has 180 valence electrons. The molecule has 0 fully saturated rings. The standard InChI is InChI=1S/C26H21N5O3S2/c1-17-12-14-28-26(29-17)31-36(33,34)20-9-7-19(8-10-20)27-15-13-23(32)18-6-11-25-22(16-18)30-21-4-2-3-5-24(21)35-25/h2-16,27,30H,1H3,(H,28,29,31)/b15-13-. The van der Waals surface area contributed by atoms with Crippen LogP contribution in [0.1, 0.15) is 16.1 Å². The van der Waals surface area contributed by atoms with Crippen LogP contribution in [0.2, 0.25) is 0 Å². The molecule has 0 amide bonds. The second kappa shape index (κ2) is 9.84. The number of sulfonamides is 1. The van der Waals surface area contributed by atoms with Crippen LogP contribution in [0, 0.1) is 6.92 Å². The maximum Gasteiger partial charge on any atom is 0.264 e. The number of hydrogen-bond acceptors (Lipinski definition) is 8. The van der Waals surface area contributed by atoms with Crippen LogP contribution >= 0.6 is 11.8 Å². The highest BCUT2D eigenvalue weighted by molar-refractivity contribution is 7.99. The smallest absolute Gasteiger partial charge is 0.264 e. The Balaban J connectivity index is 1.22. The van der Waals surface area contributed by atoms with E-state index in [9.17, 15) is 13.2 Å². The Morgan fingerprint density at radius 3 is 2.56 bits per heavy atom. The van der Waals surface area contributed by atoms with Gasteiger partial charge in [0.05, 0.1) is 16.3 Å². The zero-order valence-corrected chi connectivity index (χ0v) is 20.7. The first-order chi connectivity index (χ1) is 17.4. The second-order valence-electron chi connectivity index (χ2n) is 7.93. The zero-order valence-electron chi connectivity index (χ0n) is 19.1. The monoisotopic (exact) mass is 515 g/mol. The minimum atomic E-state index is -3.83. The summed E-state index contributed by atoms with van der Waals surface area (Å²) >= 11 is 1.66. The Hall–Kier alpha value is -4.15. The van der Waals surface area contributed by atoms with Crippen LogP contribution < -0.4 is 15.4 Å². The van der Waals surface area contributed by atoms with Crippen molar-refractivity contribution in [3.8, 4) is 0 Å². The summed E-state index contributed by atoms with van der Waals surface area (Å²) in [5, 5.41) is 6.37. The van der Waals surface area contributed by atoms with Gasteiger partial charge in [-0.3, -0.25) is 4.79 Å². The molecule has 1 aliphatic rings. The number of carbonyl (C=O) groups is 1. The van der Waals surface area contributed by atoms with Crippen LogP contribution in [0.3, 0.4) is 0 Å². The van der Waals surface area contributed by atoms with Crippen molar-refractivity contribution in [1.29, 1.82) is 0 Å². The van der Waals surface area contributed by atoms with Crippen LogP contribution in [0.25, 0.3) is 0 Å². The molecule has 0 bridgehead atoms. The van der Waals surface area contributed by atoms with E-state index in [2.05, 4.69) is 31.4 Å². The number of aryl methyl sites for hydroxylation is 1. The van der Waals surface area contributed by atoms with Crippen molar-refractivity contribution in [2.45, 2.75) is 21.6 Å². The van der Waals surface area contributed by atoms with Gasteiger partial charge in [-0.25, -0.2) is 23.1 Å². The molecule has 0 atom stereocenters. The van der Waals surface area contributed by atoms with Crippen molar-refractivity contribution in [2.75, 3.05) is 15.4 Å². The average Bonchev–Trinajstić information content (AvgIpc) is 2.87. The van der Waals surface area contributed by atoms with Gasteiger partial charge in [-0.15, -0.1) is 0 Å². The van der Waals surface area contributed by atoms with E-state index in [0.717, 1.165) is 21.2 Å². The molecule has 8 nitrogen and oxygen atoms in total. The molecule has 0 radical (unpaired) electrons. The Bertz CT molecular complexity index is 1590. The lowest BCUT2D eigenvalue weighted by Gasteiger charge is -2.20. The Morgan fingerprint density at radius 2 is 1.75 bits per heavy atom. The summed E-state index contributed by atoms with van der Waals surface area (Å²) in [5.74, 6) is -0.142. The van der Waals surface area contributed by atoms with Gasteiger partial charge in [0, 0.05) is 45.2 Å². The first kappa shape index (κ1) is 23.6. The third-order valence-electron chi connectivity index (χ3n) is 5.31. The number of rotatable bonds is 7. The van der Waals surface area contributed by atoms with E-state index < -0.39 is 10.0 Å². The number of benzene rings is 3. The normalized spacial score (nSPS) is 12.4. The second-order valence-corrected chi connectivity index (χ2v) is 10.7. The molecule has 36 heavy (non-hydrogen) atoms. The number of nitrogens with one attached hydrogen (secondary N) is 3. The van der Waals surface area contributed by atoms with E-state index in [1.54, 1.807) is 43.0 Å². The minimum Gasteiger partial charge on any atom is -0.362 e. The molecule has 10 heteroatoms. The molecule has 3 aromatic carbocycles. The lowest BCUT2D eigenvalue weighted by molar-refractivity contribution is 0.104. The van der Waals surface area contributed by atoms with Gasteiger partial charge in [-0.1, -0.05) is 23.9 Å². The number of anilines is 4. The van der Waals surface area contributed by atoms with Gasteiger partial charge in [0.2, 0.25) is 5.95 Å². The van der Waals surface area contributed by atoms with Gasteiger partial charge in [0.15, 0.2) is 5.78 Å². The highest BCUT2D eigenvalue weighted by atomic mass is 32.2. The summed E-state index contributed by atoms with van der Waals surface area (Å²) in [6.45, 7) is 1.75. The number of nitrogens with zero attached hydrogens (tertiary/aromatic N) is 2. The van der Waals surface area contributed by atoms with Crippen molar-refractivity contribution >= 4 is 50.6 Å². The quantitative estimate of drug-likeness (QED) is 0.190. The van der Waals surface area contributed by atoms with E-state index in [1.807, 2.05) is 30.3 Å². The fraction of sp³-hybridized carbons (Fsp3) is 0.0385. The SMILES string of the molecule is Cc1ccnc(NS(=O)(=O)c2ccc(N/C=C\C(=O)c3ccc4c(c3)Nc3ccccc3S4)cc2)n1. The number of hydrogen-bond donors (Lipinski definition) is 3.